The maximum atomic E-state index is 13.1. The van der Waals surface area contributed by atoms with Crippen molar-refractivity contribution in [3.8, 4) is 0 Å². The third-order valence-electron chi connectivity index (χ3n) is 6.36. The van der Waals surface area contributed by atoms with Crippen LogP contribution in [-0.2, 0) is 17.9 Å². The third-order valence-corrected chi connectivity index (χ3v) is 6.36. The average molecular weight is 447 g/mol. The third kappa shape index (κ3) is 6.02. The number of rotatable bonds is 10. The monoisotopic (exact) mass is 446 g/mol. The lowest BCUT2D eigenvalue weighted by molar-refractivity contribution is -0.123. The van der Waals surface area contributed by atoms with E-state index in [-0.39, 0.29) is 11.8 Å². The van der Waals surface area contributed by atoms with Gasteiger partial charge in [0.2, 0.25) is 5.91 Å². The van der Waals surface area contributed by atoms with Gasteiger partial charge >= 0.3 is 0 Å². The number of hydrogen-bond acceptors (Lipinski definition) is 3. The Kier molecular flexibility index (Phi) is 7.14. The van der Waals surface area contributed by atoms with Gasteiger partial charge in [0.1, 0.15) is 11.7 Å². The van der Waals surface area contributed by atoms with Crippen LogP contribution in [-0.4, -0.2) is 41.8 Å². The van der Waals surface area contributed by atoms with Gasteiger partial charge in [-0.15, -0.1) is 0 Å². The molecule has 6 heteroatoms. The molecule has 1 heterocycles. The summed E-state index contributed by atoms with van der Waals surface area (Å²) in [5.41, 5.74) is 4.64. The maximum absolute atomic E-state index is 13.1. The molecular formula is C27H34N4O2. The number of aromatic amines is 1. The van der Waals surface area contributed by atoms with Crippen molar-refractivity contribution < 1.29 is 9.59 Å². The van der Waals surface area contributed by atoms with E-state index in [4.69, 9.17) is 0 Å². The Morgan fingerprint density at radius 3 is 2.42 bits per heavy atom. The van der Waals surface area contributed by atoms with E-state index in [9.17, 15) is 9.59 Å². The van der Waals surface area contributed by atoms with Crippen LogP contribution < -0.4 is 10.6 Å². The normalized spacial score (nSPS) is 14.4. The SMILES string of the molecule is Cc1c(C(=O)N[C@@H](CCC2CC2)C(=O)NCc2ccc(CN(C)C)cc2)[nH]c2ccccc12. The topological polar surface area (TPSA) is 77.2 Å². The molecule has 2 aromatic carbocycles. The molecule has 0 bridgehead atoms. The Morgan fingerprint density at radius 2 is 1.76 bits per heavy atom. The number of carbonyl (C=O) groups excluding carboxylic acids is 2. The standard InChI is InChI=1S/C27H34N4O2/c1-18-22-6-4-5-7-23(22)29-25(18)27(33)30-24(15-14-19-8-9-19)26(32)28-16-20-10-12-21(13-11-20)17-31(2)3/h4-7,10-13,19,24,29H,8-9,14-17H2,1-3H3,(H,28,32)(H,30,33)/t24-/m0/s1. The Morgan fingerprint density at radius 1 is 1.06 bits per heavy atom. The van der Waals surface area contributed by atoms with Gasteiger partial charge in [-0.2, -0.15) is 0 Å². The lowest BCUT2D eigenvalue weighted by Gasteiger charge is -2.19. The smallest absolute Gasteiger partial charge is 0.268 e. The number of hydrogen-bond donors (Lipinski definition) is 3. The summed E-state index contributed by atoms with van der Waals surface area (Å²) in [7, 11) is 4.09. The van der Waals surface area contributed by atoms with Crippen molar-refractivity contribution in [2.75, 3.05) is 14.1 Å². The van der Waals surface area contributed by atoms with E-state index >= 15 is 0 Å². The van der Waals surface area contributed by atoms with Crippen molar-refractivity contribution in [2.24, 2.45) is 5.92 Å². The summed E-state index contributed by atoms with van der Waals surface area (Å²) in [5, 5.41) is 7.05. The van der Waals surface area contributed by atoms with Crippen LogP contribution in [0.15, 0.2) is 48.5 Å². The number of aromatic nitrogens is 1. The second-order valence-electron chi connectivity index (χ2n) is 9.49. The van der Waals surface area contributed by atoms with E-state index in [1.807, 2.05) is 57.4 Å². The second kappa shape index (κ2) is 10.2. The van der Waals surface area contributed by atoms with Crippen LogP contribution in [0.25, 0.3) is 10.9 Å². The van der Waals surface area contributed by atoms with E-state index < -0.39 is 6.04 Å². The molecule has 0 unspecified atom stereocenters. The number of nitrogens with zero attached hydrogens (tertiary/aromatic N) is 1. The molecule has 1 atom stereocenters. The van der Waals surface area contributed by atoms with E-state index in [1.54, 1.807) is 0 Å². The van der Waals surface area contributed by atoms with Crippen LogP contribution in [0.2, 0.25) is 0 Å². The van der Waals surface area contributed by atoms with Gasteiger partial charge in [0.25, 0.3) is 5.91 Å². The van der Waals surface area contributed by atoms with Crippen molar-refractivity contribution in [1.29, 1.82) is 0 Å². The minimum Gasteiger partial charge on any atom is -0.350 e. The molecule has 1 saturated carbocycles. The van der Waals surface area contributed by atoms with E-state index in [1.165, 1.54) is 18.4 Å². The Hall–Kier alpha value is -3.12. The van der Waals surface area contributed by atoms with Crippen LogP contribution in [0.3, 0.4) is 0 Å². The molecule has 2 amide bonds. The number of carbonyl (C=O) groups is 2. The molecule has 0 aliphatic heterocycles. The summed E-state index contributed by atoms with van der Waals surface area (Å²) in [5.74, 6) is 0.332. The van der Waals surface area contributed by atoms with Gasteiger partial charge in [0.15, 0.2) is 0 Å². The molecule has 1 aliphatic carbocycles. The maximum Gasteiger partial charge on any atom is 0.268 e. The van der Waals surface area contributed by atoms with Gasteiger partial charge in [-0.05, 0) is 62.5 Å². The predicted octanol–water partition coefficient (Wildman–Crippen LogP) is 4.14. The van der Waals surface area contributed by atoms with Gasteiger partial charge in [-0.1, -0.05) is 55.3 Å². The molecule has 4 rings (SSSR count). The second-order valence-corrected chi connectivity index (χ2v) is 9.49. The number of para-hydroxylation sites is 1. The molecule has 174 valence electrons. The van der Waals surface area contributed by atoms with Crippen molar-refractivity contribution >= 4 is 22.7 Å². The molecule has 0 spiro atoms. The predicted molar refractivity (Wildman–Crippen MR) is 132 cm³/mol. The van der Waals surface area contributed by atoms with Crippen LogP contribution in [0.4, 0.5) is 0 Å². The van der Waals surface area contributed by atoms with Crippen molar-refractivity contribution in [1.82, 2.24) is 20.5 Å². The minimum atomic E-state index is -0.545. The minimum absolute atomic E-state index is 0.130. The fourth-order valence-electron chi connectivity index (χ4n) is 4.26. The van der Waals surface area contributed by atoms with Crippen LogP contribution in [0, 0.1) is 12.8 Å². The summed E-state index contributed by atoms with van der Waals surface area (Å²) in [6.45, 7) is 3.27. The van der Waals surface area contributed by atoms with Gasteiger partial charge in [0, 0.05) is 24.0 Å². The highest BCUT2D eigenvalue weighted by atomic mass is 16.2. The molecule has 0 radical (unpaired) electrons. The quantitative estimate of drug-likeness (QED) is 0.438. The van der Waals surface area contributed by atoms with Crippen molar-refractivity contribution in [3.63, 3.8) is 0 Å². The largest absolute Gasteiger partial charge is 0.350 e. The van der Waals surface area contributed by atoms with Gasteiger partial charge in [-0.3, -0.25) is 9.59 Å². The zero-order chi connectivity index (χ0) is 23.4. The Bertz CT molecular complexity index is 1110. The van der Waals surface area contributed by atoms with Crippen LogP contribution in [0.1, 0.15) is 52.9 Å². The first-order valence-electron chi connectivity index (χ1n) is 11.8. The van der Waals surface area contributed by atoms with Gasteiger partial charge < -0.3 is 20.5 Å². The lowest BCUT2D eigenvalue weighted by Crippen LogP contribution is -2.46. The summed E-state index contributed by atoms with van der Waals surface area (Å²) >= 11 is 0. The molecule has 1 fully saturated rings. The molecule has 1 aliphatic rings. The zero-order valence-corrected chi connectivity index (χ0v) is 19.8. The van der Waals surface area contributed by atoms with Crippen LogP contribution >= 0.6 is 0 Å². The molecule has 3 aromatic rings. The molecule has 3 N–H and O–H groups in total. The van der Waals surface area contributed by atoms with E-state index in [2.05, 4.69) is 32.7 Å². The van der Waals surface area contributed by atoms with Gasteiger partial charge in [0.05, 0.1) is 0 Å². The van der Waals surface area contributed by atoms with E-state index in [0.29, 0.717) is 24.6 Å². The fraction of sp³-hybridized carbons (Fsp3) is 0.407. The average Bonchev–Trinajstić information content (AvgIpc) is 3.57. The van der Waals surface area contributed by atoms with E-state index in [0.717, 1.165) is 35.0 Å². The first-order chi connectivity index (χ1) is 15.9. The summed E-state index contributed by atoms with van der Waals surface area (Å²) in [6.07, 6.45) is 4.07. The highest BCUT2D eigenvalue weighted by Crippen LogP contribution is 2.34. The summed E-state index contributed by atoms with van der Waals surface area (Å²) in [6, 6.07) is 15.6. The number of aryl methyl sites for hydroxylation is 1. The molecule has 1 aromatic heterocycles. The van der Waals surface area contributed by atoms with Gasteiger partial charge in [-0.25, -0.2) is 0 Å². The molecule has 33 heavy (non-hydrogen) atoms. The van der Waals surface area contributed by atoms with Crippen molar-refractivity contribution in [2.45, 2.75) is 51.7 Å². The number of nitrogens with one attached hydrogen (secondary N) is 3. The molecule has 6 nitrogen and oxygen atoms in total. The first kappa shape index (κ1) is 23.1. The molecular weight excluding hydrogens is 412 g/mol. The summed E-state index contributed by atoms with van der Waals surface area (Å²) < 4.78 is 0. The summed E-state index contributed by atoms with van der Waals surface area (Å²) in [4.78, 5) is 31.5. The zero-order valence-electron chi connectivity index (χ0n) is 19.8. The Balaban J connectivity index is 1.40. The fourth-order valence-corrected chi connectivity index (χ4v) is 4.26. The first-order valence-corrected chi connectivity index (χ1v) is 11.8. The number of fused-ring (bicyclic) bond motifs is 1. The van der Waals surface area contributed by atoms with Crippen molar-refractivity contribution in [3.05, 3.63) is 70.9 Å². The molecule has 0 saturated heterocycles. The lowest BCUT2D eigenvalue weighted by atomic mass is 10.1. The Labute approximate surface area is 195 Å². The van der Waals surface area contributed by atoms with Crippen LogP contribution in [0.5, 0.6) is 0 Å². The number of H-pyrrole nitrogens is 1. The highest BCUT2D eigenvalue weighted by molar-refractivity contribution is 6.02. The number of amides is 2. The highest BCUT2D eigenvalue weighted by Gasteiger charge is 2.27. The number of benzene rings is 2.